The number of esters is 1. The maximum Gasteiger partial charge on any atom is 0.338 e. The van der Waals surface area contributed by atoms with Crippen LogP contribution in [0.2, 0.25) is 0 Å². The second-order valence-corrected chi connectivity index (χ2v) is 10.4. The third kappa shape index (κ3) is 4.89. The van der Waals surface area contributed by atoms with Crippen LogP contribution < -0.4 is 5.32 Å². The predicted octanol–water partition coefficient (Wildman–Crippen LogP) is 3.26. The van der Waals surface area contributed by atoms with Gasteiger partial charge in [-0.3, -0.25) is 14.7 Å². The molecule has 184 valence electrons. The fourth-order valence-corrected chi connectivity index (χ4v) is 6.02. The number of carbonyl (C=O) groups excluding carboxylic acids is 2. The lowest BCUT2D eigenvalue weighted by atomic mass is 9.95. The molecule has 0 spiro atoms. The van der Waals surface area contributed by atoms with Gasteiger partial charge in [-0.2, -0.15) is 0 Å². The molecule has 0 radical (unpaired) electrons. The number of aromatic nitrogens is 1. The fourth-order valence-electron chi connectivity index (χ4n) is 4.86. The monoisotopic (exact) mass is 561 g/mol. The highest BCUT2D eigenvalue weighted by molar-refractivity contribution is 9.10. The summed E-state index contributed by atoms with van der Waals surface area (Å²) in [6.07, 6.45) is 3.15. The number of hydrogen-bond donors (Lipinski definition) is 1. The molecule has 1 aromatic carbocycles. The highest BCUT2D eigenvalue weighted by atomic mass is 79.9. The first-order chi connectivity index (χ1) is 16.9. The molecule has 2 fully saturated rings. The molecule has 3 aliphatic heterocycles. The van der Waals surface area contributed by atoms with Crippen molar-refractivity contribution in [1.29, 1.82) is 0 Å². The van der Waals surface area contributed by atoms with E-state index in [0.29, 0.717) is 58.2 Å². The minimum atomic E-state index is -0.700. The molecule has 0 saturated carbocycles. The summed E-state index contributed by atoms with van der Waals surface area (Å²) >= 11 is 4.90. The molecule has 2 unspecified atom stereocenters. The second-order valence-electron chi connectivity index (χ2n) is 8.64. The molecular formula is C24H25BrFN5O3S. The van der Waals surface area contributed by atoms with Crippen LogP contribution in [0.15, 0.2) is 50.5 Å². The third-order valence-corrected chi connectivity index (χ3v) is 7.94. The van der Waals surface area contributed by atoms with Gasteiger partial charge in [-0.25, -0.2) is 14.2 Å². The van der Waals surface area contributed by atoms with Crippen molar-refractivity contribution in [2.24, 2.45) is 4.99 Å². The molecule has 0 aliphatic carbocycles. The Morgan fingerprint density at radius 1 is 1.37 bits per heavy atom. The number of carbonyl (C=O) groups is 2. The summed E-state index contributed by atoms with van der Waals surface area (Å²) in [6.45, 7) is 4.56. The molecule has 35 heavy (non-hydrogen) atoms. The first-order valence-electron chi connectivity index (χ1n) is 11.6. The van der Waals surface area contributed by atoms with E-state index in [4.69, 9.17) is 9.73 Å². The lowest BCUT2D eigenvalue weighted by Gasteiger charge is -2.39. The van der Waals surface area contributed by atoms with Crippen LogP contribution in [0.25, 0.3) is 0 Å². The van der Waals surface area contributed by atoms with Gasteiger partial charge in [0, 0.05) is 60.4 Å². The van der Waals surface area contributed by atoms with E-state index in [0.717, 1.165) is 13.0 Å². The van der Waals surface area contributed by atoms with Crippen LogP contribution in [0.1, 0.15) is 36.4 Å². The Hall–Kier alpha value is -2.63. The molecule has 0 bridgehead atoms. The van der Waals surface area contributed by atoms with Gasteiger partial charge in [-0.05, 0) is 31.0 Å². The Morgan fingerprint density at radius 2 is 2.23 bits per heavy atom. The molecule has 1 aromatic heterocycles. The summed E-state index contributed by atoms with van der Waals surface area (Å²) in [5, 5.41) is 5.92. The van der Waals surface area contributed by atoms with Crippen molar-refractivity contribution in [3.63, 3.8) is 0 Å². The second kappa shape index (κ2) is 10.2. The number of halogens is 2. The molecule has 3 aliphatic rings. The Kier molecular flexibility index (Phi) is 6.99. The Bertz CT molecular complexity index is 1200. The number of piperazine rings is 1. The summed E-state index contributed by atoms with van der Waals surface area (Å²) < 4.78 is 19.9. The number of nitrogens with zero attached hydrogens (tertiary/aromatic N) is 4. The average Bonchev–Trinajstić information content (AvgIpc) is 3.49. The van der Waals surface area contributed by atoms with E-state index in [1.165, 1.54) is 23.5 Å². The van der Waals surface area contributed by atoms with Gasteiger partial charge < -0.3 is 15.0 Å². The molecular weight excluding hydrogens is 537 g/mol. The van der Waals surface area contributed by atoms with Crippen LogP contribution in [0, 0.1) is 5.82 Å². The van der Waals surface area contributed by atoms with Crippen molar-refractivity contribution in [2.75, 3.05) is 32.8 Å². The maximum absolute atomic E-state index is 13.9. The van der Waals surface area contributed by atoms with E-state index in [2.05, 4.69) is 31.1 Å². The van der Waals surface area contributed by atoms with Gasteiger partial charge in [-0.1, -0.05) is 22.0 Å². The van der Waals surface area contributed by atoms with E-state index in [-0.39, 0.29) is 24.4 Å². The number of fused-ring (bicyclic) bond motifs is 1. The van der Waals surface area contributed by atoms with Gasteiger partial charge in [0.15, 0.2) is 10.8 Å². The minimum Gasteiger partial charge on any atom is -0.463 e. The number of amides is 1. The van der Waals surface area contributed by atoms with Crippen molar-refractivity contribution in [1.82, 2.24) is 20.1 Å². The summed E-state index contributed by atoms with van der Waals surface area (Å²) in [4.78, 5) is 38.9. The quantitative estimate of drug-likeness (QED) is 0.545. The molecule has 11 heteroatoms. The number of rotatable bonds is 6. The zero-order chi connectivity index (χ0) is 24.5. The zero-order valence-corrected chi connectivity index (χ0v) is 21.6. The summed E-state index contributed by atoms with van der Waals surface area (Å²) in [6, 6.07) is 3.86. The van der Waals surface area contributed by atoms with Crippen LogP contribution in [0.4, 0.5) is 4.39 Å². The SMILES string of the molecule is CCOC(=O)C1=C(CN2CCN3C(=O)CCC3C2)NC(c2nccs2)=NC1c1ccc(F)cc1Br. The van der Waals surface area contributed by atoms with Gasteiger partial charge in [0.1, 0.15) is 11.9 Å². The fraction of sp³-hybridized carbons (Fsp3) is 0.417. The van der Waals surface area contributed by atoms with Crippen molar-refractivity contribution >= 4 is 45.0 Å². The standard InChI is InChI=1S/C24H25BrFN5O3S/c1-2-34-24(33)20-18(13-30-8-9-31-15(12-30)4-6-19(31)32)28-22(23-27-7-10-35-23)29-21(20)16-5-3-14(26)11-17(16)25/h3,5,7,10-11,15,21H,2,4,6,8-9,12-13H2,1H3,(H,28,29). The van der Waals surface area contributed by atoms with Crippen molar-refractivity contribution in [3.05, 3.63) is 61.9 Å². The van der Waals surface area contributed by atoms with Gasteiger partial charge in [-0.15, -0.1) is 11.3 Å². The van der Waals surface area contributed by atoms with E-state index in [1.807, 2.05) is 10.3 Å². The number of benzene rings is 1. The zero-order valence-electron chi connectivity index (χ0n) is 19.2. The van der Waals surface area contributed by atoms with E-state index in [1.54, 1.807) is 19.2 Å². The Balaban J connectivity index is 1.54. The van der Waals surface area contributed by atoms with Crippen molar-refractivity contribution < 1.29 is 18.7 Å². The Morgan fingerprint density at radius 3 is 2.97 bits per heavy atom. The highest BCUT2D eigenvalue weighted by Gasteiger charge is 2.38. The molecule has 2 atom stereocenters. The molecule has 2 saturated heterocycles. The lowest BCUT2D eigenvalue weighted by molar-refractivity contribution is -0.139. The summed E-state index contributed by atoms with van der Waals surface area (Å²) in [5.74, 6) is -0.0763. The molecule has 5 rings (SSSR count). The van der Waals surface area contributed by atoms with Gasteiger partial charge in [0.2, 0.25) is 5.91 Å². The van der Waals surface area contributed by atoms with Crippen molar-refractivity contribution in [3.8, 4) is 0 Å². The third-order valence-electron chi connectivity index (χ3n) is 6.47. The molecule has 1 N–H and O–H groups in total. The van der Waals surface area contributed by atoms with Gasteiger partial charge >= 0.3 is 5.97 Å². The first kappa shape index (κ1) is 24.1. The number of ether oxygens (including phenoxy) is 1. The van der Waals surface area contributed by atoms with E-state index < -0.39 is 12.0 Å². The van der Waals surface area contributed by atoms with Crippen molar-refractivity contribution in [2.45, 2.75) is 31.8 Å². The number of amidine groups is 1. The normalized spacial score (nSPS) is 22.7. The number of thiazole rings is 1. The molecule has 2 aromatic rings. The van der Waals surface area contributed by atoms with Crippen LogP contribution in [-0.4, -0.2) is 71.3 Å². The topological polar surface area (TPSA) is 87.1 Å². The number of hydrogen-bond acceptors (Lipinski definition) is 8. The average molecular weight is 562 g/mol. The lowest BCUT2D eigenvalue weighted by Crippen LogP contribution is -2.53. The molecule has 1 amide bonds. The van der Waals surface area contributed by atoms with Crippen LogP contribution in [-0.2, 0) is 14.3 Å². The minimum absolute atomic E-state index is 0.195. The number of nitrogens with one attached hydrogen (secondary N) is 1. The smallest absolute Gasteiger partial charge is 0.338 e. The van der Waals surface area contributed by atoms with Gasteiger partial charge in [0.25, 0.3) is 0 Å². The number of aliphatic imine (C=N–C) groups is 1. The summed E-state index contributed by atoms with van der Waals surface area (Å²) in [7, 11) is 0. The molecule has 8 nitrogen and oxygen atoms in total. The van der Waals surface area contributed by atoms with Crippen LogP contribution in [0.5, 0.6) is 0 Å². The summed E-state index contributed by atoms with van der Waals surface area (Å²) in [5.41, 5.74) is 1.74. The Labute approximate surface area is 215 Å². The molecule has 4 heterocycles. The van der Waals surface area contributed by atoms with E-state index in [9.17, 15) is 14.0 Å². The highest BCUT2D eigenvalue weighted by Crippen LogP contribution is 2.37. The van der Waals surface area contributed by atoms with Crippen LogP contribution >= 0.6 is 27.3 Å². The van der Waals surface area contributed by atoms with Crippen LogP contribution in [0.3, 0.4) is 0 Å². The first-order valence-corrected chi connectivity index (χ1v) is 13.2. The van der Waals surface area contributed by atoms with E-state index >= 15 is 0 Å². The predicted molar refractivity (Wildman–Crippen MR) is 133 cm³/mol. The largest absolute Gasteiger partial charge is 0.463 e. The maximum atomic E-state index is 13.9. The van der Waals surface area contributed by atoms with Gasteiger partial charge in [0.05, 0.1) is 12.2 Å².